The van der Waals surface area contributed by atoms with Crippen molar-refractivity contribution in [1.29, 1.82) is 0 Å². The van der Waals surface area contributed by atoms with Crippen molar-refractivity contribution in [2.45, 2.75) is 22.8 Å². The minimum atomic E-state index is -4.64. The lowest BCUT2D eigenvalue weighted by atomic mass is 10.3. The number of carbonyl (C=O) groups excluding carboxylic acids is 1. The van der Waals surface area contributed by atoms with Crippen LogP contribution in [0, 0.1) is 0 Å². The van der Waals surface area contributed by atoms with Crippen LogP contribution in [0.4, 0.5) is 18.9 Å². The number of hydrogen-bond acceptors (Lipinski definition) is 3. The van der Waals surface area contributed by atoms with Crippen LogP contribution in [0.25, 0.3) is 0 Å². The first-order valence-corrected chi connectivity index (χ1v) is 7.90. The van der Waals surface area contributed by atoms with Gasteiger partial charge in [0.1, 0.15) is 4.83 Å². The molecule has 1 amide bonds. The van der Waals surface area contributed by atoms with Gasteiger partial charge in [-0.1, -0.05) is 15.9 Å². The zero-order valence-corrected chi connectivity index (χ0v) is 12.6. The molecular weight excluding hydrogens is 363 g/mol. The van der Waals surface area contributed by atoms with Crippen molar-refractivity contribution < 1.29 is 26.4 Å². The van der Waals surface area contributed by atoms with Crippen LogP contribution in [-0.2, 0) is 14.6 Å². The number of carbonyl (C=O) groups is 1. The van der Waals surface area contributed by atoms with Crippen LogP contribution in [-0.4, -0.2) is 31.1 Å². The smallest absolute Gasteiger partial charge is 0.326 e. The van der Waals surface area contributed by atoms with E-state index in [4.69, 9.17) is 0 Å². The molecule has 1 N–H and O–H groups in total. The van der Waals surface area contributed by atoms with E-state index < -0.39 is 26.6 Å². The third kappa shape index (κ3) is 4.78. The lowest BCUT2D eigenvalue weighted by Gasteiger charge is -2.14. The van der Waals surface area contributed by atoms with Gasteiger partial charge < -0.3 is 5.32 Å². The molecule has 0 aliphatic carbocycles. The van der Waals surface area contributed by atoms with Crippen LogP contribution >= 0.6 is 15.9 Å². The first-order valence-electron chi connectivity index (χ1n) is 5.33. The Balaban J connectivity index is 2.91. The Hall–Kier alpha value is -1.09. The van der Waals surface area contributed by atoms with E-state index in [1.165, 1.54) is 19.1 Å². The highest BCUT2D eigenvalue weighted by Gasteiger charge is 2.40. The van der Waals surface area contributed by atoms with E-state index in [0.717, 1.165) is 12.1 Å². The molecule has 0 saturated carbocycles. The molecule has 0 aliphatic rings. The Bertz CT molecular complexity index is 584. The third-order valence-electron chi connectivity index (χ3n) is 2.25. The van der Waals surface area contributed by atoms with Gasteiger partial charge in [0.2, 0.25) is 5.91 Å². The van der Waals surface area contributed by atoms with Gasteiger partial charge in [-0.3, -0.25) is 4.79 Å². The predicted molar refractivity (Wildman–Crippen MR) is 71.6 cm³/mol. The highest BCUT2D eigenvalue weighted by molar-refractivity contribution is 9.09. The Morgan fingerprint density at radius 3 is 2.20 bits per heavy atom. The lowest BCUT2D eigenvalue weighted by Crippen LogP contribution is -2.30. The van der Waals surface area contributed by atoms with E-state index in [2.05, 4.69) is 21.2 Å². The molecule has 0 aromatic heterocycles. The molecule has 0 radical (unpaired) electrons. The zero-order valence-electron chi connectivity index (χ0n) is 10.2. The molecule has 1 aromatic rings. The summed E-state index contributed by atoms with van der Waals surface area (Å²) >= 11 is 2.32. The van der Waals surface area contributed by atoms with Crippen molar-refractivity contribution >= 4 is 37.4 Å². The van der Waals surface area contributed by atoms with E-state index in [-0.39, 0.29) is 10.8 Å². The second-order valence-electron chi connectivity index (χ2n) is 4.00. The van der Waals surface area contributed by atoms with Crippen molar-refractivity contribution in [2.75, 3.05) is 11.1 Å². The van der Waals surface area contributed by atoms with Crippen LogP contribution in [0.5, 0.6) is 0 Å². The molecule has 1 unspecified atom stereocenters. The van der Waals surface area contributed by atoms with E-state index >= 15 is 0 Å². The SMILES string of the molecule is CC(=O)Nc1ccc(S(=O)(=O)CC(Br)C(F)(F)F)cc1. The average molecular weight is 374 g/mol. The van der Waals surface area contributed by atoms with Crippen molar-refractivity contribution in [3.05, 3.63) is 24.3 Å². The van der Waals surface area contributed by atoms with E-state index in [1.807, 2.05) is 0 Å². The highest BCUT2D eigenvalue weighted by Crippen LogP contribution is 2.29. The number of nitrogens with one attached hydrogen (secondary N) is 1. The normalized spacial score (nSPS) is 13.8. The number of alkyl halides is 4. The summed E-state index contributed by atoms with van der Waals surface area (Å²) in [5.41, 5.74) is 0.364. The monoisotopic (exact) mass is 373 g/mol. The maximum absolute atomic E-state index is 12.3. The Morgan fingerprint density at radius 1 is 1.30 bits per heavy atom. The molecule has 1 aromatic carbocycles. The standard InChI is InChI=1S/C11H11BrF3NO3S/c1-7(17)16-8-2-4-9(5-3-8)20(18,19)6-10(12)11(13,14)15/h2-5,10H,6H2,1H3,(H,16,17). The Morgan fingerprint density at radius 2 is 1.80 bits per heavy atom. The molecule has 0 spiro atoms. The molecule has 20 heavy (non-hydrogen) atoms. The van der Waals surface area contributed by atoms with Crippen molar-refractivity contribution in [1.82, 2.24) is 0 Å². The average Bonchev–Trinajstić information content (AvgIpc) is 2.26. The Kier molecular flexibility index (Phi) is 5.20. The van der Waals surface area contributed by atoms with Gasteiger partial charge in [-0.05, 0) is 24.3 Å². The van der Waals surface area contributed by atoms with Crippen molar-refractivity contribution in [2.24, 2.45) is 0 Å². The van der Waals surface area contributed by atoms with Gasteiger partial charge in [0, 0.05) is 12.6 Å². The molecule has 1 atom stereocenters. The van der Waals surface area contributed by atoms with Crippen molar-refractivity contribution in [3.63, 3.8) is 0 Å². The zero-order chi connectivity index (χ0) is 15.6. The molecule has 1 rings (SSSR count). The summed E-state index contributed by atoms with van der Waals surface area (Å²) in [6.45, 7) is 1.28. The summed E-state index contributed by atoms with van der Waals surface area (Å²) in [4.78, 5) is 8.42. The van der Waals surface area contributed by atoms with E-state index in [9.17, 15) is 26.4 Å². The molecule has 0 fully saturated rings. The lowest BCUT2D eigenvalue weighted by molar-refractivity contribution is -0.123. The molecular formula is C11H11BrF3NO3S. The number of sulfone groups is 1. The number of hydrogen-bond donors (Lipinski definition) is 1. The van der Waals surface area contributed by atoms with Gasteiger partial charge in [-0.2, -0.15) is 13.2 Å². The quantitative estimate of drug-likeness (QED) is 0.825. The van der Waals surface area contributed by atoms with Crippen LogP contribution in [0.2, 0.25) is 0 Å². The molecule has 0 saturated heterocycles. The first-order chi connectivity index (χ1) is 9.02. The molecule has 112 valence electrons. The minimum absolute atomic E-state index is 0.236. The van der Waals surface area contributed by atoms with Gasteiger partial charge in [-0.25, -0.2) is 8.42 Å². The molecule has 0 heterocycles. The van der Waals surface area contributed by atoms with E-state index in [1.54, 1.807) is 0 Å². The second kappa shape index (κ2) is 6.13. The van der Waals surface area contributed by atoms with Crippen LogP contribution in [0.15, 0.2) is 29.2 Å². The largest absolute Gasteiger partial charge is 0.402 e. The van der Waals surface area contributed by atoms with Gasteiger partial charge in [-0.15, -0.1) is 0 Å². The summed E-state index contributed by atoms with van der Waals surface area (Å²) < 4.78 is 60.6. The first kappa shape index (κ1) is 17.0. The predicted octanol–water partition coefficient (Wildman–Crippen LogP) is 2.74. The Labute approximate surface area is 122 Å². The van der Waals surface area contributed by atoms with Crippen LogP contribution < -0.4 is 5.32 Å². The maximum Gasteiger partial charge on any atom is 0.402 e. The number of anilines is 1. The summed E-state index contributed by atoms with van der Waals surface area (Å²) in [7, 11) is -4.07. The molecule has 0 bridgehead atoms. The van der Waals surface area contributed by atoms with Crippen LogP contribution in [0.3, 0.4) is 0 Å². The maximum atomic E-state index is 12.3. The summed E-state index contributed by atoms with van der Waals surface area (Å²) in [5, 5.41) is 2.43. The summed E-state index contributed by atoms with van der Waals surface area (Å²) in [6, 6.07) is 4.92. The fourth-order valence-electron chi connectivity index (χ4n) is 1.33. The van der Waals surface area contributed by atoms with E-state index in [0.29, 0.717) is 5.69 Å². The van der Waals surface area contributed by atoms with Gasteiger partial charge in [0.15, 0.2) is 9.84 Å². The van der Waals surface area contributed by atoms with Gasteiger partial charge in [0.25, 0.3) is 0 Å². The third-order valence-corrected chi connectivity index (χ3v) is 5.29. The fourth-order valence-corrected chi connectivity index (χ4v) is 3.69. The highest BCUT2D eigenvalue weighted by atomic mass is 79.9. The van der Waals surface area contributed by atoms with Gasteiger partial charge in [0.05, 0.1) is 10.6 Å². The summed E-state index contributed by atoms with van der Waals surface area (Å²) in [5.74, 6) is -1.42. The molecule has 9 heteroatoms. The van der Waals surface area contributed by atoms with Crippen molar-refractivity contribution in [3.8, 4) is 0 Å². The number of amides is 1. The van der Waals surface area contributed by atoms with Crippen LogP contribution in [0.1, 0.15) is 6.92 Å². The van der Waals surface area contributed by atoms with Gasteiger partial charge >= 0.3 is 6.18 Å². The second-order valence-corrected chi connectivity index (χ2v) is 7.14. The summed E-state index contributed by atoms with van der Waals surface area (Å²) in [6.07, 6.45) is -4.64. The molecule has 0 aliphatic heterocycles. The number of benzene rings is 1. The topological polar surface area (TPSA) is 63.2 Å². The molecule has 4 nitrogen and oxygen atoms in total. The fraction of sp³-hybridized carbons (Fsp3) is 0.364. The number of halogens is 4. The minimum Gasteiger partial charge on any atom is -0.326 e. The number of rotatable bonds is 4.